The van der Waals surface area contributed by atoms with Crippen molar-refractivity contribution >= 4 is 0 Å². The van der Waals surface area contributed by atoms with Gasteiger partial charge in [-0.1, -0.05) is 0 Å². The molecule has 0 aromatic carbocycles. The van der Waals surface area contributed by atoms with Crippen LogP contribution in [0.2, 0.25) is 0 Å². The van der Waals surface area contributed by atoms with E-state index in [4.69, 9.17) is 10.5 Å². The minimum atomic E-state index is -0.429. The quantitative estimate of drug-likeness (QED) is 0.817. The molecule has 0 radical (unpaired) electrons. The summed E-state index contributed by atoms with van der Waals surface area (Å²) in [6, 6.07) is 0. The van der Waals surface area contributed by atoms with Crippen LogP contribution < -0.4 is 5.73 Å². The molecular weight excluding hydrogens is 190 g/mol. The molecule has 0 aliphatic heterocycles. The first-order chi connectivity index (χ1) is 7.00. The molecule has 0 saturated heterocycles. The molecule has 1 unspecified atom stereocenters. The fourth-order valence-electron chi connectivity index (χ4n) is 2.06. The molecule has 15 heavy (non-hydrogen) atoms. The summed E-state index contributed by atoms with van der Waals surface area (Å²) in [6.07, 6.45) is 0. The lowest BCUT2D eigenvalue weighted by Crippen LogP contribution is -2.34. The highest BCUT2D eigenvalue weighted by molar-refractivity contribution is 5.31. The van der Waals surface area contributed by atoms with Gasteiger partial charge in [-0.15, -0.1) is 0 Å². The predicted octanol–water partition coefficient (Wildman–Crippen LogP) is 1.34. The first-order valence-corrected chi connectivity index (χ1v) is 5.29. The third kappa shape index (κ3) is 1.92. The zero-order valence-electron chi connectivity index (χ0n) is 10.3. The van der Waals surface area contributed by atoms with Crippen LogP contribution in [0.15, 0.2) is 0 Å². The van der Waals surface area contributed by atoms with Gasteiger partial charge in [0.2, 0.25) is 0 Å². The van der Waals surface area contributed by atoms with Crippen molar-refractivity contribution in [3.05, 3.63) is 17.0 Å². The highest BCUT2D eigenvalue weighted by atomic mass is 16.5. The number of hydrogen-bond acceptors (Lipinski definition) is 3. The van der Waals surface area contributed by atoms with Crippen molar-refractivity contribution in [3.8, 4) is 0 Å². The van der Waals surface area contributed by atoms with Crippen molar-refractivity contribution in [2.24, 2.45) is 5.73 Å². The molecule has 2 N–H and O–H groups in total. The number of nitrogens with two attached hydrogens (primary N) is 1. The lowest BCUT2D eigenvalue weighted by molar-refractivity contribution is 0.00896. The summed E-state index contributed by atoms with van der Waals surface area (Å²) in [4.78, 5) is 0. The Morgan fingerprint density at radius 2 is 2.07 bits per heavy atom. The van der Waals surface area contributed by atoms with Crippen molar-refractivity contribution in [2.45, 2.75) is 39.8 Å². The Hall–Kier alpha value is -0.870. The zero-order valence-corrected chi connectivity index (χ0v) is 10.3. The SMILES string of the molecule is CCn1nc(C)c(C(C)(CN)OC)c1C. The van der Waals surface area contributed by atoms with Gasteiger partial charge in [-0.2, -0.15) is 5.10 Å². The molecule has 0 aliphatic carbocycles. The van der Waals surface area contributed by atoms with Crippen LogP contribution in [-0.2, 0) is 16.9 Å². The van der Waals surface area contributed by atoms with Gasteiger partial charge >= 0.3 is 0 Å². The number of hydrogen-bond donors (Lipinski definition) is 1. The molecule has 0 amide bonds. The second-order valence-corrected chi connectivity index (χ2v) is 4.00. The average Bonchev–Trinajstić information content (AvgIpc) is 2.53. The molecule has 1 atom stereocenters. The normalized spacial score (nSPS) is 15.3. The Bertz CT molecular complexity index is 340. The zero-order chi connectivity index (χ0) is 11.6. The van der Waals surface area contributed by atoms with Crippen LogP contribution in [0.3, 0.4) is 0 Å². The highest BCUT2D eigenvalue weighted by Crippen LogP contribution is 2.29. The summed E-state index contributed by atoms with van der Waals surface area (Å²) in [5.41, 5.74) is 8.61. The third-order valence-electron chi connectivity index (χ3n) is 3.05. The summed E-state index contributed by atoms with van der Waals surface area (Å²) in [7, 11) is 1.69. The van der Waals surface area contributed by atoms with Gasteiger partial charge < -0.3 is 10.5 Å². The molecular formula is C11H21N3O. The lowest BCUT2D eigenvalue weighted by Gasteiger charge is -2.27. The van der Waals surface area contributed by atoms with Gasteiger partial charge in [0.1, 0.15) is 5.60 Å². The van der Waals surface area contributed by atoms with Gasteiger partial charge in [0.05, 0.1) is 5.69 Å². The minimum absolute atomic E-state index is 0.429. The maximum atomic E-state index is 5.78. The van der Waals surface area contributed by atoms with Gasteiger partial charge in [0.15, 0.2) is 0 Å². The van der Waals surface area contributed by atoms with Gasteiger partial charge in [-0.05, 0) is 27.7 Å². The van der Waals surface area contributed by atoms with Gasteiger partial charge in [0.25, 0.3) is 0 Å². The Kier molecular flexibility index (Phi) is 3.52. The molecule has 0 aliphatic rings. The van der Waals surface area contributed by atoms with E-state index in [-0.39, 0.29) is 0 Å². The average molecular weight is 211 g/mol. The standard InChI is InChI=1S/C11H21N3O/c1-6-14-9(3)10(8(2)13-14)11(4,7-12)15-5/h6-7,12H2,1-5H3. The maximum Gasteiger partial charge on any atom is 0.106 e. The summed E-state index contributed by atoms with van der Waals surface area (Å²) >= 11 is 0. The Balaban J connectivity index is 3.29. The summed E-state index contributed by atoms with van der Waals surface area (Å²) in [5.74, 6) is 0. The van der Waals surface area contributed by atoms with E-state index in [1.807, 2.05) is 18.5 Å². The maximum absolute atomic E-state index is 5.78. The minimum Gasteiger partial charge on any atom is -0.372 e. The molecule has 0 fully saturated rings. The van der Waals surface area contributed by atoms with E-state index in [0.717, 1.165) is 23.5 Å². The lowest BCUT2D eigenvalue weighted by atomic mass is 9.94. The first kappa shape index (κ1) is 12.2. The van der Waals surface area contributed by atoms with Crippen LogP contribution in [0.4, 0.5) is 0 Å². The van der Waals surface area contributed by atoms with Crippen molar-refractivity contribution in [1.82, 2.24) is 9.78 Å². The van der Waals surface area contributed by atoms with Gasteiger partial charge in [-0.25, -0.2) is 0 Å². The van der Waals surface area contributed by atoms with E-state index in [9.17, 15) is 0 Å². The number of methoxy groups -OCH3 is 1. The van der Waals surface area contributed by atoms with Crippen LogP contribution in [0.25, 0.3) is 0 Å². The molecule has 0 saturated carbocycles. The van der Waals surface area contributed by atoms with Gasteiger partial charge in [0, 0.05) is 31.5 Å². The largest absolute Gasteiger partial charge is 0.372 e. The highest BCUT2D eigenvalue weighted by Gasteiger charge is 2.30. The molecule has 0 spiro atoms. The second-order valence-electron chi connectivity index (χ2n) is 4.00. The van der Waals surface area contributed by atoms with Crippen LogP contribution in [-0.4, -0.2) is 23.4 Å². The summed E-state index contributed by atoms with van der Waals surface area (Å²) in [5, 5.41) is 4.47. The molecule has 1 heterocycles. The van der Waals surface area contributed by atoms with E-state index in [1.165, 1.54) is 0 Å². The molecule has 1 aromatic heterocycles. The monoisotopic (exact) mass is 211 g/mol. The van der Waals surface area contributed by atoms with E-state index >= 15 is 0 Å². The van der Waals surface area contributed by atoms with Crippen LogP contribution in [0.5, 0.6) is 0 Å². The Morgan fingerprint density at radius 1 is 1.47 bits per heavy atom. The van der Waals surface area contributed by atoms with Crippen LogP contribution in [0, 0.1) is 13.8 Å². The van der Waals surface area contributed by atoms with E-state index in [0.29, 0.717) is 6.54 Å². The number of aryl methyl sites for hydroxylation is 2. The van der Waals surface area contributed by atoms with Crippen molar-refractivity contribution in [2.75, 3.05) is 13.7 Å². The topological polar surface area (TPSA) is 53.1 Å². The molecule has 0 bridgehead atoms. The van der Waals surface area contributed by atoms with E-state index < -0.39 is 5.60 Å². The number of nitrogens with zero attached hydrogens (tertiary/aromatic N) is 2. The summed E-state index contributed by atoms with van der Waals surface area (Å²) < 4.78 is 7.50. The van der Waals surface area contributed by atoms with Gasteiger partial charge in [-0.3, -0.25) is 4.68 Å². The second kappa shape index (κ2) is 4.33. The number of rotatable bonds is 4. The number of aromatic nitrogens is 2. The predicted molar refractivity (Wildman–Crippen MR) is 60.8 cm³/mol. The third-order valence-corrected chi connectivity index (χ3v) is 3.05. The Morgan fingerprint density at radius 3 is 2.40 bits per heavy atom. The molecule has 4 heteroatoms. The fraction of sp³-hybridized carbons (Fsp3) is 0.727. The van der Waals surface area contributed by atoms with Crippen LogP contribution in [0.1, 0.15) is 30.8 Å². The molecule has 1 rings (SSSR count). The fourth-order valence-corrected chi connectivity index (χ4v) is 2.06. The van der Waals surface area contributed by atoms with Crippen LogP contribution >= 0.6 is 0 Å². The Labute approximate surface area is 91.4 Å². The summed E-state index contributed by atoms with van der Waals surface area (Å²) in [6.45, 7) is 9.48. The van der Waals surface area contributed by atoms with Crippen molar-refractivity contribution < 1.29 is 4.74 Å². The van der Waals surface area contributed by atoms with Crippen molar-refractivity contribution in [3.63, 3.8) is 0 Å². The molecule has 4 nitrogen and oxygen atoms in total. The molecule has 86 valence electrons. The van der Waals surface area contributed by atoms with E-state index in [1.54, 1.807) is 7.11 Å². The van der Waals surface area contributed by atoms with Crippen molar-refractivity contribution in [1.29, 1.82) is 0 Å². The number of ether oxygens (including phenoxy) is 1. The first-order valence-electron chi connectivity index (χ1n) is 5.29. The molecule has 1 aromatic rings. The smallest absolute Gasteiger partial charge is 0.106 e. The van der Waals surface area contributed by atoms with E-state index in [2.05, 4.69) is 18.9 Å².